The highest BCUT2D eigenvalue weighted by molar-refractivity contribution is 5.82. The van der Waals surface area contributed by atoms with E-state index >= 15 is 0 Å². The highest BCUT2D eigenvalue weighted by atomic mass is 16.3. The van der Waals surface area contributed by atoms with Gasteiger partial charge in [-0.15, -0.1) is 0 Å². The van der Waals surface area contributed by atoms with Crippen LogP contribution in [0.2, 0.25) is 0 Å². The highest BCUT2D eigenvalue weighted by Gasteiger charge is 2.39. The van der Waals surface area contributed by atoms with Gasteiger partial charge in [0, 0.05) is 19.5 Å². The Morgan fingerprint density at radius 2 is 2.30 bits per heavy atom. The second-order valence-electron chi connectivity index (χ2n) is 6.77. The van der Waals surface area contributed by atoms with Gasteiger partial charge >= 0.3 is 0 Å². The number of hydrogen-bond acceptors (Lipinski definition) is 3. The van der Waals surface area contributed by atoms with Crippen LogP contribution in [0.3, 0.4) is 0 Å². The molecule has 1 aliphatic carbocycles. The van der Waals surface area contributed by atoms with Gasteiger partial charge in [-0.2, -0.15) is 0 Å². The second-order valence-corrected chi connectivity index (χ2v) is 6.77. The topological polar surface area (TPSA) is 45.5 Å². The quantitative estimate of drug-likeness (QED) is 0.918. The summed E-state index contributed by atoms with van der Waals surface area (Å²) >= 11 is 0. The molecule has 3 unspecified atom stereocenters. The molecular formula is C16H24N2O2. The molecule has 1 N–H and O–H groups in total. The maximum atomic E-state index is 12.5. The lowest BCUT2D eigenvalue weighted by Crippen LogP contribution is -2.41. The molecule has 20 heavy (non-hydrogen) atoms. The van der Waals surface area contributed by atoms with E-state index in [4.69, 9.17) is 4.42 Å². The van der Waals surface area contributed by atoms with Gasteiger partial charge in [-0.25, -0.2) is 0 Å². The molecule has 4 nitrogen and oxygen atoms in total. The molecule has 1 aliphatic heterocycles. The first-order valence-corrected chi connectivity index (χ1v) is 7.54. The fraction of sp³-hybridized carbons (Fsp3) is 0.688. The van der Waals surface area contributed by atoms with Crippen LogP contribution in [-0.4, -0.2) is 30.9 Å². The maximum absolute atomic E-state index is 12.5. The van der Waals surface area contributed by atoms with E-state index in [1.54, 1.807) is 4.90 Å². The Hall–Kier alpha value is -1.29. The fourth-order valence-corrected chi connectivity index (χ4v) is 3.16. The SMILES string of the molecule is CC1CC1c1ccc(CN(C)C(=O)C2(C)CCNC2)o1. The van der Waals surface area contributed by atoms with Gasteiger partial charge in [-0.05, 0) is 44.4 Å². The van der Waals surface area contributed by atoms with Crippen molar-refractivity contribution in [1.29, 1.82) is 0 Å². The van der Waals surface area contributed by atoms with Crippen LogP contribution in [0, 0.1) is 11.3 Å². The first-order chi connectivity index (χ1) is 9.49. The zero-order valence-corrected chi connectivity index (χ0v) is 12.6. The third-order valence-corrected chi connectivity index (χ3v) is 4.78. The minimum Gasteiger partial charge on any atom is -0.464 e. The standard InChI is InChI=1S/C16H24N2O2/c1-11-8-13(11)14-5-4-12(20-14)9-18(3)15(19)16(2)6-7-17-10-16/h4-5,11,13,17H,6-10H2,1-3H3. The van der Waals surface area contributed by atoms with E-state index in [0.29, 0.717) is 12.5 Å². The first-order valence-electron chi connectivity index (χ1n) is 7.54. The van der Waals surface area contributed by atoms with Gasteiger partial charge in [0.05, 0.1) is 12.0 Å². The molecule has 0 spiro atoms. The van der Waals surface area contributed by atoms with Gasteiger partial charge in [0.2, 0.25) is 5.91 Å². The normalized spacial score (nSPS) is 32.4. The number of carbonyl (C=O) groups excluding carboxylic acids is 1. The van der Waals surface area contributed by atoms with Gasteiger partial charge in [-0.1, -0.05) is 6.92 Å². The van der Waals surface area contributed by atoms with Crippen molar-refractivity contribution in [3.05, 3.63) is 23.7 Å². The van der Waals surface area contributed by atoms with Crippen molar-refractivity contribution in [2.24, 2.45) is 11.3 Å². The minimum atomic E-state index is -0.255. The van der Waals surface area contributed by atoms with Crippen molar-refractivity contribution in [2.75, 3.05) is 20.1 Å². The van der Waals surface area contributed by atoms with Gasteiger partial charge < -0.3 is 14.6 Å². The van der Waals surface area contributed by atoms with Crippen LogP contribution in [-0.2, 0) is 11.3 Å². The smallest absolute Gasteiger partial charge is 0.229 e. The summed E-state index contributed by atoms with van der Waals surface area (Å²) in [7, 11) is 1.87. The first kappa shape index (κ1) is 13.7. The Balaban J connectivity index is 1.62. The maximum Gasteiger partial charge on any atom is 0.229 e. The average molecular weight is 276 g/mol. The minimum absolute atomic E-state index is 0.209. The van der Waals surface area contributed by atoms with Gasteiger partial charge in [0.1, 0.15) is 11.5 Å². The number of nitrogens with one attached hydrogen (secondary N) is 1. The summed E-state index contributed by atoms with van der Waals surface area (Å²) in [6.45, 7) is 6.57. The molecule has 3 atom stereocenters. The fourth-order valence-electron chi connectivity index (χ4n) is 3.16. The Labute approximate surface area is 120 Å². The van der Waals surface area contributed by atoms with Crippen molar-refractivity contribution >= 4 is 5.91 Å². The summed E-state index contributed by atoms with van der Waals surface area (Å²) in [6.07, 6.45) is 2.14. The van der Waals surface area contributed by atoms with Crippen LogP contribution in [0.15, 0.2) is 16.5 Å². The largest absolute Gasteiger partial charge is 0.464 e. The summed E-state index contributed by atoms with van der Waals surface area (Å²) < 4.78 is 5.88. The summed E-state index contributed by atoms with van der Waals surface area (Å²) in [5.74, 6) is 3.53. The van der Waals surface area contributed by atoms with E-state index in [-0.39, 0.29) is 11.3 Å². The zero-order valence-electron chi connectivity index (χ0n) is 12.6. The Morgan fingerprint density at radius 3 is 2.90 bits per heavy atom. The van der Waals surface area contributed by atoms with Crippen LogP contribution in [0.4, 0.5) is 0 Å². The molecule has 1 aromatic heterocycles. The average Bonchev–Trinajstić information content (AvgIpc) is 2.83. The van der Waals surface area contributed by atoms with Gasteiger partial charge in [0.15, 0.2) is 0 Å². The number of rotatable bonds is 4. The molecule has 110 valence electrons. The predicted molar refractivity (Wildman–Crippen MR) is 77.3 cm³/mol. The van der Waals surface area contributed by atoms with E-state index in [1.807, 2.05) is 20.0 Å². The third kappa shape index (κ3) is 2.49. The van der Waals surface area contributed by atoms with Crippen molar-refractivity contribution in [1.82, 2.24) is 10.2 Å². The molecule has 2 fully saturated rings. The summed E-state index contributed by atoms with van der Waals surface area (Å²) in [5, 5.41) is 3.27. The number of nitrogens with zero attached hydrogens (tertiary/aromatic N) is 1. The van der Waals surface area contributed by atoms with Gasteiger partial charge in [0.25, 0.3) is 0 Å². The summed E-state index contributed by atoms with van der Waals surface area (Å²) in [5.41, 5.74) is -0.255. The predicted octanol–water partition coefficient (Wildman–Crippen LogP) is 2.36. The summed E-state index contributed by atoms with van der Waals surface area (Å²) in [6, 6.07) is 4.08. The second kappa shape index (κ2) is 4.92. The Kier molecular flexibility index (Phi) is 3.36. The molecule has 3 rings (SSSR count). The molecular weight excluding hydrogens is 252 g/mol. The lowest BCUT2D eigenvalue weighted by Gasteiger charge is -2.27. The molecule has 2 aliphatic rings. The van der Waals surface area contributed by atoms with Crippen LogP contribution in [0.5, 0.6) is 0 Å². The number of amides is 1. The molecule has 2 heterocycles. The zero-order chi connectivity index (χ0) is 14.3. The van der Waals surface area contributed by atoms with E-state index < -0.39 is 0 Å². The molecule has 1 saturated heterocycles. The molecule has 1 aromatic rings. The number of furan rings is 1. The monoisotopic (exact) mass is 276 g/mol. The number of hydrogen-bond donors (Lipinski definition) is 1. The summed E-state index contributed by atoms with van der Waals surface area (Å²) in [4.78, 5) is 14.3. The van der Waals surface area contributed by atoms with E-state index in [1.165, 1.54) is 6.42 Å². The Bertz CT molecular complexity index is 502. The molecule has 0 radical (unpaired) electrons. The van der Waals surface area contributed by atoms with Crippen LogP contribution in [0.1, 0.15) is 44.1 Å². The van der Waals surface area contributed by atoms with E-state index in [9.17, 15) is 4.79 Å². The third-order valence-electron chi connectivity index (χ3n) is 4.78. The molecule has 1 amide bonds. The van der Waals surface area contributed by atoms with Crippen molar-refractivity contribution in [3.63, 3.8) is 0 Å². The van der Waals surface area contributed by atoms with Crippen molar-refractivity contribution in [2.45, 2.75) is 39.2 Å². The molecule has 0 aromatic carbocycles. The van der Waals surface area contributed by atoms with Crippen LogP contribution >= 0.6 is 0 Å². The number of carbonyl (C=O) groups is 1. The van der Waals surface area contributed by atoms with Crippen molar-refractivity contribution in [3.8, 4) is 0 Å². The van der Waals surface area contributed by atoms with Crippen LogP contribution in [0.25, 0.3) is 0 Å². The van der Waals surface area contributed by atoms with E-state index in [0.717, 1.165) is 36.9 Å². The molecule has 1 saturated carbocycles. The van der Waals surface area contributed by atoms with Crippen LogP contribution < -0.4 is 5.32 Å². The molecule has 4 heteroatoms. The van der Waals surface area contributed by atoms with Gasteiger partial charge in [-0.3, -0.25) is 4.79 Å². The Morgan fingerprint density at radius 1 is 1.55 bits per heavy atom. The highest BCUT2D eigenvalue weighted by Crippen LogP contribution is 2.47. The lowest BCUT2D eigenvalue weighted by molar-refractivity contribution is -0.139. The lowest BCUT2D eigenvalue weighted by atomic mass is 9.88. The van der Waals surface area contributed by atoms with E-state index in [2.05, 4.69) is 18.3 Å². The molecule has 0 bridgehead atoms. The van der Waals surface area contributed by atoms with Crippen molar-refractivity contribution < 1.29 is 9.21 Å².